The lowest BCUT2D eigenvalue weighted by Gasteiger charge is -2.04. The van der Waals surface area contributed by atoms with Crippen molar-refractivity contribution in [3.63, 3.8) is 0 Å². The molecule has 1 aromatic heterocycles. The topological polar surface area (TPSA) is 68.2 Å². The van der Waals surface area contributed by atoms with Gasteiger partial charge in [-0.05, 0) is 6.07 Å². The number of ether oxygens (including phenoxy) is 1. The SMILES string of the molecule is COC(=O)c1[nH]c2ccccc2c1C=[N+]([O-])Cc1ccccc1. The van der Waals surface area contributed by atoms with Crippen LogP contribution in [-0.2, 0) is 11.3 Å². The summed E-state index contributed by atoms with van der Waals surface area (Å²) in [4.78, 5) is 15.0. The summed E-state index contributed by atoms with van der Waals surface area (Å²) in [5.41, 5.74) is 2.51. The highest BCUT2D eigenvalue weighted by atomic mass is 16.5. The fourth-order valence-electron chi connectivity index (χ4n) is 2.51. The Balaban J connectivity index is 2.03. The van der Waals surface area contributed by atoms with Gasteiger partial charge in [-0.1, -0.05) is 48.5 Å². The van der Waals surface area contributed by atoms with E-state index in [-0.39, 0.29) is 12.2 Å². The minimum absolute atomic E-state index is 0.209. The molecule has 1 N–H and O–H groups in total. The number of benzene rings is 2. The fraction of sp³-hybridized carbons (Fsp3) is 0.111. The summed E-state index contributed by atoms with van der Waals surface area (Å²) in [6.07, 6.45) is 1.43. The summed E-state index contributed by atoms with van der Waals surface area (Å²) in [6, 6.07) is 16.9. The van der Waals surface area contributed by atoms with Crippen LogP contribution in [0.5, 0.6) is 0 Å². The van der Waals surface area contributed by atoms with Crippen LogP contribution in [0.1, 0.15) is 21.6 Å². The number of methoxy groups -OCH3 is 1. The number of hydrogen-bond acceptors (Lipinski definition) is 3. The molecule has 116 valence electrons. The minimum Gasteiger partial charge on any atom is -0.624 e. The first-order valence-corrected chi connectivity index (χ1v) is 7.20. The first-order valence-electron chi connectivity index (χ1n) is 7.20. The molecule has 0 bridgehead atoms. The monoisotopic (exact) mass is 308 g/mol. The van der Waals surface area contributed by atoms with Gasteiger partial charge in [-0.3, -0.25) is 0 Å². The standard InChI is InChI=1S/C18H16N2O3/c1-23-18(21)17-15(14-9-5-6-10-16(14)19-17)12-20(22)11-13-7-3-2-4-8-13/h2-10,12,19H,11H2,1H3. The number of nitrogens with zero attached hydrogens (tertiary/aromatic N) is 1. The smallest absolute Gasteiger partial charge is 0.355 e. The second-order valence-corrected chi connectivity index (χ2v) is 5.14. The third-order valence-corrected chi connectivity index (χ3v) is 3.59. The lowest BCUT2D eigenvalue weighted by molar-refractivity contribution is -0.469. The van der Waals surface area contributed by atoms with E-state index in [9.17, 15) is 10.0 Å². The normalized spacial score (nSPS) is 11.6. The van der Waals surface area contributed by atoms with E-state index in [2.05, 4.69) is 4.98 Å². The maximum absolute atomic E-state index is 12.3. The van der Waals surface area contributed by atoms with E-state index < -0.39 is 5.97 Å². The summed E-state index contributed by atoms with van der Waals surface area (Å²) >= 11 is 0. The van der Waals surface area contributed by atoms with E-state index in [0.29, 0.717) is 5.56 Å². The van der Waals surface area contributed by atoms with Crippen LogP contribution in [0.4, 0.5) is 0 Å². The molecule has 0 amide bonds. The van der Waals surface area contributed by atoms with Gasteiger partial charge in [-0.25, -0.2) is 9.53 Å². The Morgan fingerprint density at radius 2 is 1.87 bits per heavy atom. The van der Waals surface area contributed by atoms with Crippen molar-refractivity contribution in [2.45, 2.75) is 6.54 Å². The van der Waals surface area contributed by atoms with Gasteiger partial charge in [0.15, 0.2) is 12.8 Å². The molecule has 2 aromatic carbocycles. The highest BCUT2D eigenvalue weighted by molar-refractivity contribution is 6.08. The van der Waals surface area contributed by atoms with Crippen molar-refractivity contribution in [1.82, 2.24) is 4.98 Å². The lowest BCUT2D eigenvalue weighted by Crippen LogP contribution is -2.10. The molecule has 0 aliphatic rings. The van der Waals surface area contributed by atoms with Gasteiger partial charge in [0.1, 0.15) is 5.69 Å². The lowest BCUT2D eigenvalue weighted by atomic mass is 10.1. The number of aromatic nitrogens is 1. The summed E-state index contributed by atoms with van der Waals surface area (Å²) in [5.74, 6) is -0.499. The molecule has 3 aromatic rings. The van der Waals surface area contributed by atoms with E-state index in [1.165, 1.54) is 13.3 Å². The molecule has 0 saturated heterocycles. The Bertz CT molecular complexity index is 866. The average Bonchev–Trinajstić information content (AvgIpc) is 2.94. The first-order chi connectivity index (χ1) is 11.2. The number of carbonyl (C=O) groups excluding carboxylic acids is 1. The fourth-order valence-corrected chi connectivity index (χ4v) is 2.51. The van der Waals surface area contributed by atoms with Gasteiger partial charge in [0.2, 0.25) is 0 Å². The molecule has 0 unspecified atom stereocenters. The Labute approximate surface area is 133 Å². The Morgan fingerprint density at radius 3 is 2.61 bits per heavy atom. The number of fused-ring (bicyclic) bond motifs is 1. The molecule has 0 aliphatic carbocycles. The Morgan fingerprint density at radius 1 is 1.17 bits per heavy atom. The summed E-state index contributed by atoms with van der Waals surface area (Å²) < 4.78 is 5.61. The molecular weight excluding hydrogens is 292 g/mol. The van der Waals surface area contributed by atoms with Crippen molar-refractivity contribution >= 4 is 23.1 Å². The third-order valence-electron chi connectivity index (χ3n) is 3.59. The molecule has 0 radical (unpaired) electrons. The average molecular weight is 308 g/mol. The van der Waals surface area contributed by atoms with E-state index in [1.807, 2.05) is 54.6 Å². The van der Waals surface area contributed by atoms with Crippen LogP contribution in [0.2, 0.25) is 0 Å². The first kappa shape index (κ1) is 14.8. The molecule has 0 aliphatic heterocycles. The maximum atomic E-state index is 12.3. The van der Waals surface area contributed by atoms with Crippen LogP contribution < -0.4 is 0 Å². The zero-order valence-electron chi connectivity index (χ0n) is 12.7. The summed E-state index contributed by atoms with van der Waals surface area (Å²) in [7, 11) is 1.32. The van der Waals surface area contributed by atoms with Crippen LogP contribution in [0.15, 0.2) is 54.6 Å². The van der Waals surface area contributed by atoms with E-state index >= 15 is 0 Å². The van der Waals surface area contributed by atoms with Gasteiger partial charge in [0, 0.05) is 16.5 Å². The number of esters is 1. The predicted octanol–water partition coefficient (Wildman–Crippen LogP) is 3.08. The number of aromatic amines is 1. The number of rotatable bonds is 4. The van der Waals surface area contributed by atoms with Gasteiger partial charge >= 0.3 is 5.97 Å². The van der Waals surface area contributed by atoms with E-state index in [4.69, 9.17) is 4.74 Å². The molecule has 1 heterocycles. The number of H-pyrrole nitrogens is 1. The second-order valence-electron chi connectivity index (χ2n) is 5.14. The Kier molecular flexibility index (Phi) is 4.10. The molecule has 0 fully saturated rings. The summed E-state index contributed by atoms with van der Waals surface area (Å²) in [5, 5.41) is 13.1. The maximum Gasteiger partial charge on any atom is 0.355 e. The molecule has 5 nitrogen and oxygen atoms in total. The number of nitrogens with one attached hydrogen (secondary N) is 1. The number of carbonyl (C=O) groups is 1. The van der Waals surface area contributed by atoms with Gasteiger partial charge in [-0.15, -0.1) is 0 Å². The highest BCUT2D eigenvalue weighted by Crippen LogP contribution is 2.21. The molecule has 3 rings (SSSR count). The molecule has 0 atom stereocenters. The van der Waals surface area contributed by atoms with Crippen molar-refractivity contribution in [1.29, 1.82) is 0 Å². The van der Waals surface area contributed by atoms with Gasteiger partial charge < -0.3 is 14.9 Å². The van der Waals surface area contributed by atoms with Crippen LogP contribution >= 0.6 is 0 Å². The molecule has 5 heteroatoms. The van der Waals surface area contributed by atoms with Crippen molar-refractivity contribution in [2.24, 2.45) is 0 Å². The molecule has 0 spiro atoms. The Hall–Kier alpha value is -3.08. The summed E-state index contributed by atoms with van der Waals surface area (Å²) in [6.45, 7) is 0.209. The van der Waals surface area contributed by atoms with E-state index in [1.54, 1.807) is 0 Å². The highest BCUT2D eigenvalue weighted by Gasteiger charge is 2.19. The van der Waals surface area contributed by atoms with Gasteiger partial charge in [-0.2, -0.15) is 0 Å². The van der Waals surface area contributed by atoms with Crippen molar-refractivity contribution < 1.29 is 14.3 Å². The molecular formula is C18H16N2O3. The molecule has 23 heavy (non-hydrogen) atoms. The zero-order valence-corrected chi connectivity index (χ0v) is 12.7. The van der Waals surface area contributed by atoms with Gasteiger partial charge in [0.05, 0.1) is 12.7 Å². The number of hydroxylamine groups is 1. The third kappa shape index (κ3) is 3.08. The van der Waals surface area contributed by atoms with Crippen molar-refractivity contribution in [3.05, 3.63) is 76.6 Å². The largest absolute Gasteiger partial charge is 0.624 e. The van der Waals surface area contributed by atoms with Crippen molar-refractivity contribution in [2.75, 3.05) is 7.11 Å². The van der Waals surface area contributed by atoms with Gasteiger partial charge in [0.25, 0.3) is 0 Å². The zero-order chi connectivity index (χ0) is 16.2. The number of hydrogen-bond donors (Lipinski definition) is 1. The second kappa shape index (κ2) is 6.36. The van der Waals surface area contributed by atoms with E-state index in [0.717, 1.165) is 21.2 Å². The number of para-hydroxylation sites is 1. The minimum atomic E-state index is -0.499. The molecule has 0 saturated carbocycles. The quantitative estimate of drug-likeness (QED) is 0.265. The van der Waals surface area contributed by atoms with Crippen LogP contribution in [0, 0.1) is 5.21 Å². The predicted molar refractivity (Wildman–Crippen MR) is 88.6 cm³/mol. The van der Waals surface area contributed by atoms with Crippen LogP contribution in [-0.4, -0.2) is 29.0 Å². The van der Waals surface area contributed by atoms with Crippen LogP contribution in [0.25, 0.3) is 10.9 Å². The van der Waals surface area contributed by atoms with Crippen LogP contribution in [0.3, 0.4) is 0 Å². The van der Waals surface area contributed by atoms with Crippen molar-refractivity contribution in [3.8, 4) is 0 Å².